The molecule has 3 aromatic heterocycles. The van der Waals surface area contributed by atoms with Gasteiger partial charge in [0.1, 0.15) is 33.4 Å². The summed E-state index contributed by atoms with van der Waals surface area (Å²) in [5, 5.41) is 17.5. The van der Waals surface area contributed by atoms with Crippen LogP contribution in [0.1, 0.15) is 149 Å². The summed E-state index contributed by atoms with van der Waals surface area (Å²) in [5.74, 6) is -1.01. The number of carbonyl (C=O) groups excluding carboxylic acids is 3. The fourth-order valence-corrected chi connectivity index (χ4v) is 12.3. The Morgan fingerprint density at radius 3 is 2.32 bits per heavy atom. The first-order valence-corrected chi connectivity index (χ1v) is 28.5. The normalized spacial score (nSPS) is 22.6. The number of carboxylic acid groups (broad SMARTS) is 1. The van der Waals surface area contributed by atoms with Crippen LogP contribution in [-0.2, 0) is 55.5 Å². The maximum atomic E-state index is 14.6. The molecular weight excluding hydrogens is 1070 g/mol. The van der Waals surface area contributed by atoms with Crippen LogP contribution in [0.5, 0.6) is 0 Å². The summed E-state index contributed by atoms with van der Waals surface area (Å²) in [6.07, 6.45) is 1.42. The van der Waals surface area contributed by atoms with E-state index in [0.29, 0.717) is 61.5 Å². The van der Waals surface area contributed by atoms with E-state index in [1.807, 2.05) is 40.8 Å². The number of esters is 1. The number of thiazole rings is 1. The molecule has 0 saturated carbocycles. The smallest absolute Gasteiger partial charge is 0.465 e. The van der Waals surface area contributed by atoms with E-state index in [1.54, 1.807) is 45.1 Å². The SMILES string of the molecule is CCO[C@H](c1nc(Br)cs1)[C@H](NC(=O)OC(C)(C)C)C(=O)N1CCC[C@@H](C(=O)OCC(C)(C)Cc2c(-c3cc([C@@H]4C[C@H]5COC[C@@H](C4)N5C(=O)O)cnc3[C@H](C)OC)n(CC)c3ccc(B4OC(C)(C)C(C)(C)O4)cc23)N1. The van der Waals surface area contributed by atoms with Gasteiger partial charge in [0.25, 0.3) is 5.91 Å². The van der Waals surface area contributed by atoms with Gasteiger partial charge in [-0.1, -0.05) is 26.0 Å². The van der Waals surface area contributed by atoms with Crippen molar-refractivity contribution in [2.24, 2.45) is 5.41 Å². The zero-order valence-electron chi connectivity index (χ0n) is 46.8. The van der Waals surface area contributed by atoms with Gasteiger partial charge in [0, 0.05) is 60.3 Å². The number of hydrogen-bond acceptors (Lipinski definition) is 15. The van der Waals surface area contributed by atoms with Gasteiger partial charge in [-0.25, -0.2) is 20.0 Å². The topological polar surface area (TPSA) is 214 Å². The molecule has 2 bridgehead atoms. The van der Waals surface area contributed by atoms with Crippen molar-refractivity contribution < 1.29 is 57.3 Å². The predicted octanol–water partition coefficient (Wildman–Crippen LogP) is 8.85. The van der Waals surface area contributed by atoms with Gasteiger partial charge in [-0.3, -0.25) is 24.5 Å². The predicted molar refractivity (Wildman–Crippen MR) is 296 cm³/mol. The van der Waals surface area contributed by atoms with E-state index >= 15 is 0 Å². The number of ether oxygens (including phenoxy) is 5. The number of nitrogens with zero attached hydrogens (tertiary/aromatic N) is 5. The Kier molecular flexibility index (Phi) is 17.6. The van der Waals surface area contributed by atoms with Gasteiger partial charge in [0.2, 0.25) is 0 Å². The maximum Gasteiger partial charge on any atom is 0.494 e. The van der Waals surface area contributed by atoms with Crippen LogP contribution in [0.2, 0.25) is 0 Å². The lowest BCUT2D eigenvalue weighted by Crippen LogP contribution is -2.61. The number of hydrazine groups is 1. The molecule has 0 unspecified atom stereocenters. The van der Waals surface area contributed by atoms with Crippen LogP contribution in [-0.4, -0.2) is 142 Å². The van der Waals surface area contributed by atoms with Crippen LogP contribution in [0.3, 0.4) is 0 Å². The van der Waals surface area contributed by atoms with Crippen molar-refractivity contribution in [3.63, 3.8) is 0 Å². The summed E-state index contributed by atoms with van der Waals surface area (Å²) in [5.41, 5.74) is 7.03. The quantitative estimate of drug-likeness (QED) is 0.0665. The van der Waals surface area contributed by atoms with Crippen molar-refractivity contribution in [1.29, 1.82) is 0 Å². The van der Waals surface area contributed by atoms with Crippen molar-refractivity contribution in [3.05, 3.63) is 62.3 Å². The maximum absolute atomic E-state index is 14.6. The van der Waals surface area contributed by atoms with E-state index in [2.05, 4.69) is 81.3 Å². The Labute approximate surface area is 465 Å². The number of alkyl carbamates (subject to hydrolysis) is 1. The van der Waals surface area contributed by atoms with E-state index in [0.717, 1.165) is 44.4 Å². The summed E-state index contributed by atoms with van der Waals surface area (Å²) in [7, 11) is 1.05. The first-order valence-electron chi connectivity index (χ1n) is 26.8. The monoisotopic (exact) mass is 1150 g/mol. The molecule has 1 aromatic carbocycles. The molecule has 19 nitrogen and oxygen atoms in total. The van der Waals surface area contributed by atoms with Crippen molar-refractivity contribution in [2.45, 2.75) is 181 Å². The highest BCUT2D eigenvalue weighted by molar-refractivity contribution is 9.10. The minimum Gasteiger partial charge on any atom is -0.465 e. The van der Waals surface area contributed by atoms with E-state index in [9.17, 15) is 24.3 Å². The standard InChI is InChI=1S/C55H77BBrN7O12S/c1-14-62-41-19-18-34(56-75-54(9,10)55(11,12)76-56)24-37(41)39(45(62)38-23-33(26-58-43(38)31(3)70-13)32-21-35-27-71-28-36(22-32)64(35)51(68)69)25-53(7,8)30-73-49(66)40-17-16-20-63(61-40)48(65)44(60-50(67)74-52(4,5)6)46(72-15-2)47-59-42(57)29-77-47/h18-19,23-24,26,29,31-32,35-36,40,44,46,61H,14-17,20-22,25,27-28,30H2,1-13H3,(H,60,67)(H,68,69)/t31-,32-,35+,36-,40-,44-,46-/m0/s1. The molecule has 3 N–H and O–H groups in total. The number of fused-ring (bicyclic) bond motifs is 3. The summed E-state index contributed by atoms with van der Waals surface area (Å²) in [4.78, 5) is 65.8. The summed E-state index contributed by atoms with van der Waals surface area (Å²) in [6, 6.07) is 5.92. The highest BCUT2D eigenvalue weighted by Crippen LogP contribution is 2.45. The number of aromatic nitrogens is 3. The minimum atomic E-state index is -1.25. The first kappa shape index (κ1) is 58.5. The third-order valence-electron chi connectivity index (χ3n) is 15.5. The number of benzene rings is 1. The van der Waals surface area contributed by atoms with Gasteiger partial charge in [-0.15, -0.1) is 11.3 Å². The van der Waals surface area contributed by atoms with Gasteiger partial charge in [0.15, 0.2) is 0 Å². The molecule has 3 amide bonds. The zero-order valence-corrected chi connectivity index (χ0v) is 49.2. The lowest BCUT2D eigenvalue weighted by atomic mass is 9.77. The fraction of sp³-hybridized carbons (Fsp3) is 0.636. The molecule has 7 heterocycles. The number of carbonyl (C=O) groups is 4. The number of methoxy groups -OCH3 is 1. The molecule has 420 valence electrons. The van der Waals surface area contributed by atoms with Crippen molar-refractivity contribution >= 4 is 74.8 Å². The van der Waals surface area contributed by atoms with Crippen molar-refractivity contribution in [1.82, 2.24) is 35.2 Å². The molecule has 8 rings (SSSR count). The summed E-state index contributed by atoms with van der Waals surface area (Å²) < 4.78 is 45.9. The Hall–Kier alpha value is -4.68. The molecule has 77 heavy (non-hydrogen) atoms. The third kappa shape index (κ3) is 12.7. The molecule has 0 aliphatic carbocycles. The Bertz CT molecular complexity index is 2790. The average Bonchev–Trinajstić information content (AvgIpc) is 4.07. The number of amides is 3. The zero-order chi connectivity index (χ0) is 55.9. The van der Waals surface area contributed by atoms with Crippen LogP contribution >= 0.6 is 27.3 Å². The van der Waals surface area contributed by atoms with Crippen LogP contribution in [0.15, 0.2) is 40.4 Å². The van der Waals surface area contributed by atoms with E-state index in [-0.39, 0.29) is 43.9 Å². The van der Waals surface area contributed by atoms with Crippen molar-refractivity contribution in [3.8, 4) is 11.3 Å². The Morgan fingerprint density at radius 1 is 1.04 bits per heavy atom. The minimum absolute atomic E-state index is 0.0356. The molecule has 4 saturated heterocycles. The molecular formula is C55H77BBrN7O12S. The highest BCUT2D eigenvalue weighted by Gasteiger charge is 2.52. The lowest BCUT2D eigenvalue weighted by Gasteiger charge is -2.47. The van der Waals surface area contributed by atoms with E-state index in [1.165, 1.54) is 16.3 Å². The molecule has 0 radical (unpaired) electrons. The van der Waals surface area contributed by atoms with Gasteiger partial charge < -0.3 is 48.0 Å². The van der Waals surface area contributed by atoms with Crippen LogP contribution in [0.4, 0.5) is 9.59 Å². The van der Waals surface area contributed by atoms with Crippen LogP contribution in [0.25, 0.3) is 22.2 Å². The second kappa shape index (κ2) is 23.2. The first-order chi connectivity index (χ1) is 36.2. The second-order valence-electron chi connectivity index (χ2n) is 23.5. The van der Waals surface area contributed by atoms with Gasteiger partial charge in [-0.05, 0) is 152 Å². The number of piperidine rings is 1. The molecule has 4 aromatic rings. The molecule has 4 aliphatic rings. The van der Waals surface area contributed by atoms with Gasteiger partial charge in [-0.2, -0.15) is 0 Å². The molecule has 0 spiro atoms. The number of pyridine rings is 1. The lowest BCUT2D eigenvalue weighted by molar-refractivity contribution is -0.156. The number of morpholine rings is 1. The van der Waals surface area contributed by atoms with Crippen LogP contribution < -0.4 is 16.2 Å². The molecule has 4 fully saturated rings. The summed E-state index contributed by atoms with van der Waals surface area (Å²) in [6.45, 7) is 25.2. The average molecular weight is 1150 g/mol. The number of aryl methyl sites for hydroxylation is 1. The summed E-state index contributed by atoms with van der Waals surface area (Å²) >= 11 is 4.69. The number of rotatable bonds is 17. The van der Waals surface area contributed by atoms with Crippen molar-refractivity contribution in [2.75, 3.05) is 40.1 Å². The Balaban J connectivity index is 1.11. The van der Waals surface area contributed by atoms with E-state index < -0.39 is 71.6 Å². The largest absolute Gasteiger partial charge is 0.494 e. The number of hydrogen-bond donors (Lipinski definition) is 3. The van der Waals surface area contributed by atoms with E-state index in [4.69, 9.17) is 38.0 Å². The molecule has 7 atom stereocenters. The number of halogens is 1. The fourth-order valence-electron chi connectivity index (χ4n) is 11.0. The second-order valence-corrected chi connectivity index (χ2v) is 25.2. The number of nitrogens with one attached hydrogen (secondary N) is 2. The van der Waals surface area contributed by atoms with Gasteiger partial charge in [0.05, 0.1) is 60.6 Å². The molecule has 22 heteroatoms. The third-order valence-corrected chi connectivity index (χ3v) is 17.1. The highest BCUT2D eigenvalue weighted by atomic mass is 79.9. The van der Waals surface area contributed by atoms with Crippen LogP contribution in [0, 0.1) is 5.41 Å². The van der Waals surface area contributed by atoms with Gasteiger partial charge >= 0.3 is 25.3 Å². The Morgan fingerprint density at radius 2 is 1.73 bits per heavy atom. The molecule has 4 aliphatic heterocycles.